The first-order chi connectivity index (χ1) is 32.6. The summed E-state index contributed by atoms with van der Waals surface area (Å²) in [4.78, 5) is 25.4. The van der Waals surface area contributed by atoms with Crippen LogP contribution in [0.25, 0.3) is 0 Å². The molecule has 0 aromatic heterocycles. The Morgan fingerprint density at radius 2 is 0.727 bits per heavy atom. The normalized spacial score (nSPS) is 13.0. The van der Waals surface area contributed by atoms with Gasteiger partial charge in [0.25, 0.3) is 0 Å². The van der Waals surface area contributed by atoms with Crippen LogP contribution in [0.3, 0.4) is 0 Å². The average molecular weight is 917 g/mol. The number of rotatable bonds is 50. The van der Waals surface area contributed by atoms with Crippen molar-refractivity contribution < 1.29 is 23.8 Å². The second kappa shape index (κ2) is 56.1. The maximum atomic E-state index is 12.8. The van der Waals surface area contributed by atoms with Gasteiger partial charge in [-0.1, -0.05) is 253 Å². The molecule has 0 rings (SSSR count). The fraction of sp³-hybridized carbons (Fsp3) is 0.705. The van der Waals surface area contributed by atoms with E-state index >= 15 is 0 Å². The van der Waals surface area contributed by atoms with E-state index in [4.69, 9.17) is 14.2 Å². The van der Waals surface area contributed by atoms with Crippen LogP contribution in [0.5, 0.6) is 0 Å². The lowest BCUT2D eigenvalue weighted by Gasteiger charge is -2.18. The number of esters is 2. The Labute approximate surface area is 409 Å². The minimum absolute atomic E-state index is 0.0364. The van der Waals surface area contributed by atoms with Crippen molar-refractivity contribution in [3.8, 4) is 0 Å². The van der Waals surface area contributed by atoms with E-state index in [0.717, 1.165) is 83.5 Å². The molecule has 1 unspecified atom stereocenters. The highest BCUT2D eigenvalue weighted by atomic mass is 16.6. The Morgan fingerprint density at radius 1 is 0.364 bits per heavy atom. The van der Waals surface area contributed by atoms with Gasteiger partial charge in [0.15, 0.2) is 6.10 Å². The van der Waals surface area contributed by atoms with E-state index in [1.165, 1.54) is 135 Å². The van der Waals surface area contributed by atoms with E-state index in [2.05, 4.69) is 106 Å². The van der Waals surface area contributed by atoms with Gasteiger partial charge < -0.3 is 14.2 Å². The molecule has 1 atom stereocenters. The van der Waals surface area contributed by atoms with Crippen LogP contribution in [0.4, 0.5) is 0 Å². The summed E-state index contributed by atoms with van der Waals surface area (Å²) >= 11 is 0. The first-order valence-corrected chi connectivity index (χ1v) is 27.8. The lowest BCUT2D eigenvalue weighted by Crippen LogP contribution is -2.29. The molecule has 378 valence electrons. The molecule has 0 aliphatic rings. The summed E-state index contributed by atoms with van der Waals surface area (Å²) in [6.07, 6.45) is 75.9. The van der Waals surface area contributed by atoms with Gasteiger partial charge >= 0.3 is 11.9 Å². The number of allylic oxidation sites excluding steroid dienone is 15. The van der Waals surface area contributed by atoms with Crippen LogP contribution in [-0.2, 0) is 23.8 Å². The number of unbranched alkanes of at least 4 members (excludes halogenated alkanes) is 24. The molecule has 0 heterocycles. The lowest BCUT2D eigenvalue weighted by molar-refractivity contribution is -0.162. The molecule has 0 spiro atoms. The van der Waals surface area contributed by atoms with Gasteiger partial charge in [-0.15, -0.1) is 0 Å². The number of carbonyl (C=O) groups excluding carboxylic acids is 2. The van der Waals surface area contributed by atoms with Gasteiger partial charge in [0.1, 0.15) is 6.61 Å². The maximum absolute atomic E-state index is 12.8. The zero-order chi connectivity index (χ0) is 47.7. The van der Waals surface area contributed by atoms with Crippen LogP contribution in [0.1, 0.15) is 252 Å². The third kappa shape index (κ3) is 53.4. The molecule has 0 aliphatic heterocycles. The predicted octanol–water partition coefficient (Wildman–Crippen LogP) is 19.0. The molecule has 0 fully saturated rings. The van der Waals surface area contributed by atoms with Crippen LogP contribution in [0.15, 0.2) is 97.2 Å². The van der Waals surface area contributed by atoms with Crippen molar-refractivity contribution in [1.82, 2.24) is 0 Å². The Kier molecular flexibility index (Phi) is 53.4. The first kappa shape index (κ1) is 62.8. The fourth-order valence-electron chi connectivity index (χ4n) is 7.53. The van der Waals surface area contributed by atoms with Crippen LogP contribution in [0.2, 0.25) is 0 Å². The van der Waals surface area contributed by atoms with E-state index < -0.39 is 6.10 Å². The largest absolute Gasteiger partial charge is 0.462 e. The predicted molar refractivity (Wildman–Crippen MR) is 288 cm³/mol. The minimum Gasteiger partial charge on any atom is -0.462 e. The van der Waals surface area contributed by atoms with E-state index in [1.807, 2.05) is 12.2 Å². The molecule has 0 saturated carbocycles. The zero-order valence-corrected chi connectivity index (χ0v) is 43.4. The highest BCUT2D eigenvalue weighted by Gasteiger charge is 2.17. The van der Waals surface area contributed by atoms with Gasteiger partial charge in [0.2, 0.25) is 0 Å². The molecule has 0 amide bonds. The molecular weight excluding hydrogens is 813 g/mol. The van der Waals surface area contributed by atoms with Crippen molar-refractivity contribution in [3.05, 3.63) is 97.2 Å². The molecule has 0 aromatic rings. The van der Waals surface area contributed by atoms with Crippen molar-refractivity contribution in [2.24, 2.45) is 0 Å². The summed E-state index contributed by atoms with van der Waals surface area (Å²) in [5, 5.41) is 0. The van der Waals surface area contributed by atoms with E-state index in [0.29, 0.717) is 13.0 Å². The number of ether oxygens (including phenoxy) is 3. The maximum Gasteiger partial charge on any atom is 0.310 e. The molecule has 5 nitrogen and oxygen atoms in total. The van der Waals surface area contributed by atoms with Crippen LogP contribution >= 0.6 is 0 Å². The summed E-state index contributed by atoms with van der Waals surface area (Å²) in [6, 6.07) is 0. The van der Waals surface area contributed by atoms with Crippen LogP contribution < -0.4 is 0 Å². The summed E-state index contributed by atoms with van der Waals surface area (Å²) in [5.41, 5.74) is 0. The molecule has 0 aliphatic carbocycles. The summed E-state index contributed by atoms with van der Waals surface area (Å²) in [7, 11) is 0. The Bertz CT molecular complexity index is 1270. The number of hydrogen-bond acceptors (Lipinski definition) is 5. The van der Waals surface area contributed by atoms with Gasteiger partial charge in [0.05, 0.1) is 13.0 Å². The highest BCUT2D eigenvalue weighted by molar-refractivity contribution is 5.71. The molecule has 0 bridgehead atoms. The topological polar surface area (TPSA) is 61.8 Å². The third-order valence-corrected chi connectivity index (χ3v) is 11.6. The molecule has 0 radical (unpaired) electrons. The third-order valence-electron chi connectivity index (χ3n) is 11.6. The highest BCUT2D eigenvalue weighted by Crippen LogP contribution is 2.15. The van der Waals surface area contributed by atoms with Crippen molar-refractivity contribution in [2.45, 2.75) is 258 Å². The van der Waals surface area contributed by atoms with Crippen molar-refractivity contribution >= 4 is 11.9 Å². The standard InChI is InChI=1S/C61H104O5/c1-4-7-10-13-16-19-22-25-28-30-31-32-34-36-39-42-45-48-51-54-60(62)65-58-59(57-64-56-53-50-47-44-41-38-35-29-26-23-20-17-14-11-8-5-2)66-61(63)55-52-49-46-43-40-37-33-27-24-21-18-15-12-9-6-3/h9,12,16,18-19,21,25,27-28,31-33,40,43,49,52,59H,4-8,10-11,13-15,17,20,22-24,26,29-30,34-39,41-42,44-48,50-51,53-58H2,1-3H3/b12-9-,19-16-,21-18-,28-25-,32-31-,33-27-,43-40-,52-49-. The average Bonchev–Trinajstić information content (AvgIpc) is 3.32. The quantitative estimate of drug-likeness (QED) is 0.0346. The second-order valence-electron chi connectivity index (χ2n) is 18.1. The molecule has 0 N–H and O–H groups in total. The molecule has 5 heteroatoms. The number of carbonyl (C=O) groups is 2. The van der Waals surface area contributed by atoms with Crippen LogP contribution in [0, 0.1) is 0 Å². The Morgan fingerprint density at radius 3 is 1.20 bits per heavy atom. The van der Waals surface area contributed by atoms with E-state index in [-0.39, 0.29) is 31.6 Å². The van der Waals surface area contributed by atoms with Crippen molar-refractivity contribution in [2.75, 3.05) is 19.8 Å². The Hall–Kier alpha value is -3.18. The molecule has 66 heavy (non-hydrogen) atoms. The fourth-order valence-corrected chi connectivity index (χ4v) is 7.53. The van der Waals surface area contributed by atoms with E-state index in [1.54, 1.807) is 0 Å². The smallest absolute Gasteiger partial charge is 0.310 e. The van der Waals surface area contributed by atoms with Gasteiger partial charge in [-0.2, -0.15) is 0 Å². The van der Waals surface area contributed by atoms with E-state index in [9.17, 15) is 9.59 Å². The number of hydrogen-bond donors (Lipinski definition) is 0. The summed E-state index contributed by atoms with van der Waals surface area (Å²) < 4.78 is 17.3. The first-order valence-electron chi connectivity index (χ1n) is 27.8. The van der Waals surface area contributed by atoms with Gasteiger partial charge in [-0.3, -0.25) is 9.59 Å². The van der Waals surface area contributed by atoms with Crippen molar-refractivity contribution in [3.63, 3.8) is 0 Å². The van der Waals surface area contributed by atoms with Gasteiger partial charge in [0, 0.05) is 13.0 Å². The lowest BCUT2D eigenvalue weighted by atomic mass is 10.0. The van der Waals surface area contributed by atoms with Crippen molar-refractivity contribution in [1.29, 1.82) is 0 Å². The zero-order valence-electron chi connectivity index (χ0n) is 43.4. The summed E-state index contributed by atoms with van der Waals surface area (Å²) in [6.45, 7) is 7.59. The monoisotopic (exact) mass is 917 g/mol. The Balaban J connectivity index is 4.39. The molecular formula is C61H104O5. The van der Waals surface area contributed by atoms with Crippen LogP contribution in [-0.4, -0.2) is 37.9 Å². The summed E-state index contributed by atoms with van der Waals surface area (Å²) in [5.74, 6) is -0.555. The SMILES string of the molecule is CC/C=C\C/C=C\C/C=C\C/C=C\C/C=C\CC(=O)OC(COCCCCCCCCCCCCCCCCCC)COC(=O)CCCCCCCC/C=C\C/C=C\C/C=C\CCCCC. The second-order valence-corrected chi connectivity index (χ2v) is 18.1. The van der Waals surface area contributed by atoms with Gasteiger partial charge in [-0.05, 0) is 83.5 Å². The molecule has 0 saturated heterocycles. The van der Waals surface area contributed by atoms with Gasteiger partial charge in [-0.25, -0.2) is 0 Å². The molecule has 0 aromatic carbocycles. The minimum atomic E-state index is -0.599.